The highest BCUT2D eigenvalue weighted by Gasteiger charge is 2.71. The smallest absolute Gasteiger partial charge is 0.307 e. The maximum absolute atomic E-state index is 17.5. The van der Waals surface area contributed by atoms with Gasteiger partial charge in [-0.2, -0.15) is 5.06 Å². The molecular weight excluding hydrogens is 468 g/mol. The Morgan fingerprint density at radius 2 is 1.92 bits per heavy atom. The van der Waals surface area contributed by atoms with Gasteiger partial charge in [0.15, 0.2) is 11.5 Å². The topological polar surface area (TPSA) is 98.1 Å². The van der Waals surface area contributed by atoms with E-state index in [0.717, 1.165) is 6.08 Å². The lowest BCUT2D eigenvalue weighted by atomic mass is 9.51. The zero-order valence-corrected chi connectivity index (χ0v) is 22.0. The number of hydrogen-bond donors (Lipinski definition) is 3. The monoisotopic (exact) mass is 509 g/mol. The summed E-state index contributed by atoms with van der Waals surface area (Å²) in [5.41, 5.74) is -4.56. The van der Waals surface area contributed by atoms with Crippen molar-refractivity contribution in [2.75, 3.05) is 6.54 Å². The molecule has 0 heterocycles. The van der Waals surface area contributed by atoms with E-state index in [-0.39, 0.29) is 43.3 Å². The van der Waals surface area contributed by atoms with Gasteiger partial charge in [-0.05, 0) is 79.9 Å². The maximum Gasteiger partial charge on any atom is 0.307 e. The number of nitrogens with zero attached hydrogens (tertiary/aromatic N) is 1. The summed E-state index contributed by atoms with van der Waals surface area (Å²) >= 11 is 0. The average molecular weight is 510 g/mol. The van der Waals surface area contributed by atoms with Gasteiger partial charge in [0.2, 0.25) is 0 Å². The SMILES string of the molecule is CCC(C(C)C)N(O)C[C@@H]1CC2[C@@H]3C[C@H](F)C4=CC(=O)C=C[C@]4(C)[C@@]3(F)[C@@H](O)CC[C@]2(C)[C@H]1C(=O)O. The molecule has 0 saturated heterocycles. The molecule has 8 heteroatoms. The number of carboxylic acid groups (broad SMARTS) is 1. The number of halogens is 2. The molecule has 4 rings (SSSR count). The first kappa shape index (κ1) is 27.4. The number of aliphatic hydroxyl groups excluding tert-OH is 1. The highest BCUT2D eigenvalue weighted by Crippen LogP contribution is 2.68. The molecule has 10 atom stereocenters. The molecule has 6 nitrogen and oxygen atoms in total. The number of carbonyl (C=O) groups is 2. The fraction of sp³-hybridized carbons (Fsp3) is 0.786. The molecule has 4 aliphatic rings. The Labute approximate surface area is 212 Å². The molecule has 202 valence electrons. The Morgan fingerprint density at radius 3 is 2.50 bits per heavy atom. The van der Waals surface area contributed by atoms with Crippen LogP contribution in [0.2, 0.25) is 0 Å². The van der Waals surface area contributed by atoms with Gasteiger partial charge in [0.1, 0.15) is 6.17 Å². The van der Waals surface area contributed by atoms with Crippen LogP contribution in [0.1, 0.15) is 66.7 Å². The fourth-order valence-electron chi connectivity index (χ4n) is 8.61. The summed E-state index contributed by atoms with van der Waals surface area (Å²) in [4.78, 5) is 24.7. The highest BCUT2D eigenvalue weighted by molar-refractivity contribution is 6.01. The third-order valence-corrected chi connectivity index (χ3v) is 10.4. The molecule has 0 aromatic rings. The van der Waals surface area contributed by atoms with E-state index in [9.17, 15) is 25.0 Å². The summed E-state index contributed by atoms with van der Waals surface area (Å²) in [7, 11) is 0. The minimum Gasteiger partial charge on any atom is -0.481 e. The van der Waals surface area contributed by atoms with Gasteiger partial charge >= 0.3 is 5.97 Å². The highest BCUT2D eigenvalue weighted by atomic mass is 19.1. The molecule has 2 unspecified atom stereocenters. The predicted molar refractivity (Wildman–Crippen MR) is 131 cm³/mol. The number of ketones is 1. The zero-order valence-electron chi connectivity index (χ0n) is 22.0. The van der Waals surface area contributed by atoms with Gasteiger partial charge in [-0.15, -0.1) is 0 Å². The van der Waals surface area contributed by atoms with Crippen LogP contribution in [0.5, 0.6) is 0 Å². The first-order valence-electron chi connectivity index (χ1n) is 13.4. The second kappa shape index (κ2) is 9.28. The van der Waals surface area contributed by atoms with Crippen LogP contribution < -0.4 is 0 Å². The lowest BCUT2D eigenvalue weighted by Gasteiger charge is -2.56. The van der Waals surface area contributed by atoms with Gasteiger partial charge < -0.3 is 15.4 Å². The van der Waals surface area contributed by atoms with Crippen molar-refractivity contribution in [3.05, 3.63) is 23.8 Å². The van der Waals surface area contributed by atoms with Crippen molar-refractivity contribution in [2.24, 2.45) is 40.4 Å². The molecule has 3 N–H and O–H groups in total. The van der Waals surface area contributed by atoms with Crippen LogP contribution in [0, 0.1) is 40.4 Å². The number of alkyl halides is 2. The predicted octanol–water partition coefficient (Wildman–Crippen LogP) is 4.75. The van der Waals surface area contributed by atoms with Gasteiger partial charge in [-0.25, -0.2) is 8.78 Å². The van der Waals surface area contributed by atoms with Crippen molar-refractivity contribution in [3.8, 4) is 0 Å². The molecule has 4 aliphatic carbocycles. The molecule has 0 spiro atoms. The third kappa shape index (κ3) is 3.81. The number of rotatable bonds is 6. The number of allylic oxidation sites excluding steroid dienone is 4. The lowest BCUT2D eigenvalue weighted by Crippen LogP contribution is -2.63. The number of fused-ring (bicyclic) bond motifs is 5. The second-order valence-electron chi connectivity index (χ2n) is 12.4. The Hall–Kier alpha value is -1.64. The van der Waals surface area contributed by atoms with Gasteiger partial charge in [-0.1, -0.05) is 33.8 Å². The maximum atomic E-state index is 17.5. The van der Waals surface area contributed by atoms with Gasteiger partial charge in [-0.3, -0.25) is 9.59 Å². The van der Waals surface area contributed by atoms with Crippen molar-refractivity contribution >= 4 is 11.8 Å². The average Bonchev–Trinajstić information content (AvgIpc) is 3.04. The number of carbonyl (C=O) groups excluding carboxylic acids is 1. The van der Waals surface area contributed by atoms with Crippen LogP contribution in [0.3, 0.4) is 0 Å². The van der Waals surface area contributed by atoms with Crippen molar-refractivity contribution < 1.29 is 33.8 Å². The standard InChI is InChI=1S/C28H41F2NO5/c1-6-22(15(2)3)31(36)14-16-11-18-19-13-21(29)20-12-17(32)7-10-27(20,5)28(19,30)23(33)8-9-26(18,4)24(16)25(34)35/h7,10,12,15-16,18-19,21-24,33,36H,6,8-9,11,13-14H2,1-5H3,(H,34,35)/t16-,18?,19-,21-,22?,23-,24+,26-,27-,28-/m0/s1. The molecule has 0 bridgehead atoms. The van der Waals surface area contributed by atoms with E-state index >= 15 is 8.78 Å². The van der Waals surface area contributed by atoms with Crippen molar-refractivity contribution in [2.45, 2.75) is 90.7 Å². The lowest BCUT2D eigenvalue weighted by molar-refractivity contribution is -0.162. The molecule has 3 saturated carbocycles. The number of carboxylic acids is 1. The van der Waals surface area contributed by atoms with E-state index < -0.39 is 64.2 Å². The van der Waals surface area contributed by atoms with Gasteiger partial charge in [0.05, 0.1) is 12.0 Å². The first-order valence-corrected chi connectivity index (χ1v) is 13.4. The minimum atomic E-state index is -2.25. The van der Waals surface area contributed by atoms with Crippen LogP contribution in [-0.4, -0.2) is 62.8 Å². The van der Waals surface area contributed by atoms with Crippen LogP contribution >= 0.6 is 0 Å². The van der Waals surface area contributed by atoms with E-state index in [1.165, 1.54) is 17.2 Å². The van der Waals surface area contributed by atoms with E-state index in [0.29, 0.717) is 12.8 Å². The summed E-state index contributed by atoms with van der Waals surface area (Å²) in [6.07, 6.45) is 1.98. The van der Waals surface area contributed by atoms with Crippen LogP contribution in [0.4, 0.5) is 8.78 Å². The largest absolute Gasteiger partial charge is 0.481 e. The Balaban J connectivity index is 1.77. The molecular formula is C28H41F2NO5. The number of aliphatic hydroxyl groups is 1. The third-order valence-electron chi connectivity index (χ3n) is 10.4. The molecule has 0 amide bonds. The molecule has 0 aliphatic heterocycles. The van der Waals surface area contributed by atoms with Crippen LogP contribution in [0.15, 0.2) is 23.8 Å². The Morgan fingerprint density at radius 1 is 1.25 bits per heavy atom. The summed E-state index contributed by atoms with van der Waals surface area (Å²) in [5.74, 6) is -3.97. The van der Waals surface area contributed by atoms with E-state index in [4.69, 9.17) is 0 Å². The molecule has 36 heavy (non-hydrogen) atoms. The normalized spacial score (nSPS) is 45.1. The summed E-state index contributed by atoms with van der Waals surface area (Å²) in [6.45, 7) is 9.52. The zero-order chi connectivity index (χ0) is 26.8. The quantitative estimate of drug-likeness (QED) is 0.447. The Kier molecular flexibility index (Phi) is 7.06. The van der Waals surface area contributed by atoms with Gasteiger partial charge in [0, 0.05) is 23.9 Å². The number of hydrogen-bond acceptors (Lipinski definition) is 5. The van der Waals surface area contributed by atoms with Crippen molar-refractivity contribution in [3.63, 3.8) is 0 Å². The van der Waals surface area contributed by atoms with Crippen LogP contribution in [-0.2, 0) is 9.59 Å². The van der Waals surface area contributed by atoms with Crippen molar-refractivity contribution in [1.29, 1.82) is 0 Å². The van der Waals surface area contributed by atoms with Crippen molar-refractivity contribution in [1.82, 2.24) is 5.06 Å². The molecule has 0 radical (unpaired) electrons. The summed E-state index contributed by atoms with van der Waals surface area (Å²) < 4.78 is 33.1. The molecule has 3 fully saturated rings. The van der Waals surface area contributed by atoms with E-state index in [1.54, 1.807) is 6.92 Å². The Bertz CT molecular complexity index is 968. The fourth-order valence-corrected chi connectivity index (χ4v) is 8.61. The van der Waals surface area contributed by atoms with E-state index in [1.807, 2.05) is 27.7 Å². The number of aliphatic carboxylic acids is 1. The van der Waals surface area contributed by atoms with Crippen LogP contribution in [0.25, 0.3) is 0 Å². The van der Waals surface area contributed by atoms with E-state index in [2.05, 4.69) is 0 Å². The summed E-state index contributed by atoms with van der Waals surface area (Å²) in [5, 5.41) is 33.7. The molecule has 0 aromatic heterocycles. The molecule has 0 aromatic carbocycles. The second-order valence-corrected chi connectivity index (χ2v) is 12.4. The minimum absolute atomic E-state index is 0.0462. The summed E-state index contributed by atoms with van der Waals surface area (Å²) in [6, 6.07) is -0.138. The first-order chi connectivity index (χ1) is 16.7. The number of hydroxylamine groups is 2. The van der Waals surface area contributed by atoms with Gasteiger partial charge in [0.25, 0.3) is 0 Å².